The SMILES string of the molecule is CC(C)[Si](Oc1ccc(-n2nc(C(C)(C)C)cc2N)cc1CO)(C(C)C)C(C)C. The summed E-state index contributed by atoms with van der Waals surface area (Å²) in [5.74, 6) is 1.36. The predicted octanol–water partition coefficient (Wildman–Crippen LogP) is 5.80. The first-order valence-electron chi connectivity index (χ1n) is 10.6. The molecule has 0 saturated carbocycles. The average molecular weight is 418 g/mol. The first-order valence-corrected chi connectivity index (χ1v) is 12.8. The third kappa shape index (κ3) is 4.53. The Kier molecular flexibility index (Phi) is 6.90. The van der Waals surface area contributed by atoms with Crippen molar-refractivity contribution >= 4 is 14.1 Å². The molecule has 0 amide bonds. The lowest BCUT2D eigenvalue weighted by atomic mass is 9.92. The number of benzene rings is 1. The minimum Gasteiger partial charge on any atom is -0.542 e. The van der Waals surface area contributed by atoms with Crippen LogP contribution in [0.4, 0.5) is 5.82 Å². The second-order valence-electron chi connectivity index (χ2n) is 9.99. The molecule has 2 aromatic rings. The van der Waals surface area contributed by atoms with Crippen molar-refractivity contribution in [2.75, 3.05) is 5.73 Å². The second kappa shape index (κ2) is 8.52. The van der Waals surface area contributed by atoms with Crippen molar-refractivity contribution < 1.29 is 9.53 Å². The zero-order chi connectivity index (χ0) is 22.1. The van der Waals surface area contributed by atoms with E-state index in [2.05, 4.69) is 62.3 Å². The number of nitrogens with two attached hydrogens (primary N) is 1. The van der Waals surface area contributed by atoms with Crippen molar-refractivity contribution in [3.63, 3.8) is 0 Å². The normalized spacial score (nSPS) is 13.0. The molecule has 0 radical (unpaired) electrons. The molecule has 3 N–H and O–H groups in total. The van der Waals surface area contributed by atoms with Gasteiger partial charge in [-0.3, -0.25) is 0 Å². The Bertz CT molecular complexity index is 813. The highest BCUT2D eigenvalue weighted by Gasteiger charge is 2.47. The Hall–Kier alpha value is -1.79. The van der Waals surface area contributed by atoms with E-state index in [1.54, 1.807) is 4.68 Å². The maximum atomic E-state index is 10.1. The molecule has 0 aliphatic carbocycles. The Balaban J connectivity index is 2.50. The van der Waals surface area contributed by atoms with E-state index in [1.165, 1.54) is 0 Å². The van der Waals surface area contributed by atoms with Gasteiger partial charge in [0.25, 0.3) is 8.32 Å². The summed E-state index contributed by atoms with van der Waals surface area (Å²) < 4.78 is 8.54. The summed E-state index contributed by atoms with van der Waals surface area (Å²) in [5, 5.41) is 14.8. The van der Waals surface area contributed by atoms with E-state index in [0.717, 1.165) is 22.7 Å². The lowest BCUT2D eigenvalue weighted by Gasteiger charge is -2.42. The van der Waals surface area contributed by atoms with Gasteiger partial charge < -0.3 is 15.3 Å². The van der Waals surface area contributed by atoms with E-state index in [-0.39, 0.29) is 12.0 Å². The summed E-state index contributed by atoms with van der Waals surface area (Å²) in [5.41, 5.74) is 10.1. The van der Waals surface area contributed by atoms with Gasteiger partial charge in [0.05, 0.1) is 18.0 Å². The highest BCUT2D eigenvalue weighted by molar-refractivity contribution is 6.78. The van der Waals surface area contributed by atoms with Crippen molar-refractivity contribution in [1.82, 2.24) is 9.78 Å². The number of hydrogen-bond acceptors (Lipinski definition) is 4. The molecule has 0 saturated heterocycles. The van der Waals surface area contributed by atoms with Crippen molar-refractivity contribution in [3.8, 4) is 11.4 Å². The number of rotatable bonds is 7. The molecule has 0 fully saturated rings. The number of nitrogen functional groups attached to an aromatic ring is 1. The van der Waals surface area contributed by atoms with Gasteiger partial charge >= 0.3 is 0 Å². The minimum atomic E-state index is -2.10. The highest BCUT2D eigenvalue weighted by Crippen LogP contribution is 2.43. The lowest BCUT2D eigenvalue weighted by molar-refractivity contribution is 0.277. The zero-order valence-electron chi connectivity index (χ0n) is 19.6. The summed E-state index contributed by atoms with van der Waals surface area (Å²) in [6.45, 7) is 19.8. The molecule has 0 spiro atoms. The third-order valence-corrected chi connectivity index (χ3v) is 11.9. The second-order valence-corrected chi connectivity index (χ2v) is 15.4. The number of nitrogens with zero attached hydrogens (tertiary/aromatic N) is 2. The Labute approximate surface area is 177 Å². The molecule has 2 rings (SSSR count). The van der Waals surface area contributed by atoms with Gasteiger partial charge in [-0.25, -0.2) is 4.68 Å². The van der Waals surface area contributed by atoms with Crippen LogP contribution in [-0.4, -0.2) is 23.2 Å². The fourth-order valence-corrected chi connectivity index (χ4v) is 9.72. The zero-order valence-corrected chi connectivity index (χ0v) is 20.6. The van der Waals surface area contributed by atoms with Gasteiger partial charge in [0, 0.05) is 17.0 Å². The van der Waals surface area contributed by atoms with Crippen molar-refractivity contribution in [2.24, 2.45) is 0 Å². The van der Waals surface area contributed by atoms with E-state index >= 15 is 0 Å². The summed E-state index contributed by atoms with van der Waals surface area (Å²) in [6.07, 6.45) is 0. The van der Waals surface area contributed by atoms with E-state index in [4.69, 9.17) is 15.3 Å². The van der Waals surface area contributed by atoms with Gasteiger partial charge in [0.15, 0.2) is 0 Å². The topological polar surface area (TPSA) is 73.3 Å². The van der Waals surface area contributed by atoms with E-state index in [1.807, 2.05) is 24.3 Å². The van der Waals surface area contributed by atoms with Crippen LogP contribution in [0.2, 0.25) is 16.6 Å². The van der Waals surface area contributed by atoms with Gasteiger partial charge in [0.1, 0.15) is 11.6 Å². The molecule has 29 heavy (non-hydrogen) atoms. The molecule has 6 heteroatoms. The van der Waals surface area contributed by atoms with Crippen LogP contribution in [0.1, 0.15) is 73.6 Å². The monoisotopic (exact) mass is 417 g/mol. The van der Waals surface area contributed by atoms with Crippen LogP contribution in [0.25, 0.3) is 5.69 Å². The van der Waals surface area contributed by atoms with Gasteiger partial charge in [-0.2, -0.15) is 5.10 Å². The number of aromatic nitrogens is 2. The molecule has 0 aliphatic rings. The predicted molar refractivity (Wildman–Crippen MR) is 124 cm³/mol. The molecular weight excluding hydrogens is 378 g/mol. The molecule has 162 valence electrons. The molecule has 0 unspecified atom stereocenters. The van der Waals surface area contributed by atoms with Crippen LogP contribution in [0, 0.1) is 0 Å². The Morgan fingerprint density at radius 1 is 1.03 bits per heavy atom. The standard InChI is InChI=1S/C23H39N3O2Si/c1-15(2)29(16(3)4,17(5)6)28-20-11-10-19(12-18(20)14-27)26-22(24)13-21(25-26)23(7,8)9/h10-13,15-17,27H,14,24H2,1-9H3. The maximum Gasteiger partial charge on any atom is 0.258 e. The van der Waals surface area contributed by atoms with Gasteiger partial charge in [-0.05, 0) is 34.8 Å². The Morgan fingerprint density at radius 3 is 2.00 bits per heavy atom. The maximum absolute atomic E-state index is 10.1. The summed E-state index contributed by atoms with van der Waals surface area (Å²) in [7, 11) is -2.10. The quantitative estimate of drug-likeness (QED) is 0.558. The number of anilines is 1. The summed E-state index contributed by atoms with van der Waals surface area (Å²) in [6, 6.07) is 7.79. The van der Waals surface area contributed by atoms with Gasteiger partial charge in [0.2, 0.25) is 0 Å². The van der Waals surface area contributed by atoms with Crippen molar-refractivity contribution in [2.45, 2.75) is 91.0 Å². The van der Waals surface area contributed by atoms with Crippen LogP contribution in [0.3, 0.4) is 0 Å². The lowest BCUT2D eigenvalue weighted by Crippen LogP contribution is -2.50. The van der Waals surface area contributed by atoms with Crippen LogP contribution >= 0.6 is 0 Å². The third-order valence-electron chi connectivity index (χ3n) is 5.96. The molecule has 1 heterocycles. The van der Waals surface area contributed by atoms with Gasteiger partial charge in [-0.15, -0.1) is 0 Å². The molecule has 0 aliphatic heterocycles. The summed E-state index contributed by atoms with van der Waals surface area (Å²) >= 11 is 0. The van der Waals surface area contributed by atoms with E-state index in [9.17, 15) is 5.11 Å². The molecule has 0 bridgehead atoms. The largest absolute Gasteiger partial charge is 0.542 e. The summed E-state index contributed by atoms with van der Waals surface area (Å²) in [4.78, 5) is 0. The minimum absolute atomic E-state index is 0.0841. The molecule has 5 nitrogen and oxygen atoms in total. The van der Waals surface area contributed by atoms with Crippen molar-refractivity contribution in [3.05, 3.63) is 35.5 Å². The first kappa shape index (κ1) is 23.5. The van der Waals surface area contributed by atoms with Gasteiger partial charge in [-0.1, -0.05) is 62.3 Å². The smallest absolute Gasteiger partial charge is 0.258 e. The highest BCUT2D eigenvalue weighted by atomic mass is 28.4. The van der Waals surface area contributed by atoms with Crippen LogP contribution < -0.4 is 10.2 Å². The van der Waals surface area contributed by atoms with Crippen LogP contribution in [0.15, 0.2) is 24.3 Å². The fourth-order valence-electron chi connectivity index (χ4n) is 4.43. The van der Waals surface area contributed by atoms with Crippen molar-refractivity contribution in [1.29, 1.82) is 0 Å². The number of hydrogen-bond donors (Lipinski definition) is 2. The van der Waals surface area contributed by atoms with E-state index < -0.39 is 8.32 Å². The molecule has 0 atom stereocenters. The molecule has 1 aromatic carbocycles. The number of aliphatic hydroxyl groups is 1. The first-order chi connectivity index (χ1) is 13.3. The fraction of sp³-hybridized carbons (Fsp3) is 0.609. The van der Waals surface area contributed by atoms with E-state index in [0.29, 0.717) is 22.4 Å². The van der Waals surface area contributed by atoms with Crippen LogP contribution in [-0.2, 0) is 12.0 Å². The average Bonchev–Trinajstić information content (AvgIpc) is 3.00. The van der Waals surface area contributed by atoms with Crippen LogP contribution in [0.5, 0.6) is 5.75 Å². The number of aliphatic hydroxyl groups excluding tert-OH is 1. The molecule has 1 aromatic heterocycles. The Morgan fingerprint density at radius 2 is 1.59 bits per heavy atom. The molecular formula is C23H39N3O2Si.